The summed E-state index contributed by atoms with van der Waals surface area (Å²) in [6.07, 6.45) is 58.1. The first-order valence-corrected chi connectivity index (χ1v) is 26.7. The molecule has 0 saturated carbocycles. The van der Waals surface area contributed by atoms with Crippen LogP contribution in [0.15, 0.2) is 0 Å². The maximum atomic E-state index is 2.86. The monoisotopic (exact) mass is 773 g/mol. The Morgan fingerprint density at radius 2 is 0.655 bits per heavy atom. The number of unbranched alkanes of at least 4 members (excludes halogenated alkanes) is 25. The van der Waals surface area contributed by atoms with Crippen LogP contribution in [-0.4, -0.2) is 0 Å². The highest BCUT2D eigenvalue weighted by molar-refractivity contribution is 5.06. The van der Waals surface area contributed by atoms with E-state index in [1.807, 2.05) is 0 Å². The lowest BCUT2D eigenvalue weighted by Crippen LogP contribution is -2.53. The van der Waals surface area contributed by atoms with E-state index in [4.69, 9.17) is 0 Å². The Bertz CT molecular complexity index is 764. The second-order valence-electron chi connectivity index (χ2n) is 20.5. The maximum Gasteiger partial charge on any atom is -0.0190 e. The average Bonchev–Trinajstić information content (AvgIpc) is 3.16. The Hall–Kier alpha value is 0. The van der Waals surface area contributed by atoms with Gasteiger partial charge in [-0.1, -0.05) is 288 Å². The quantitative estimate of drug-likeness (QED) is 0.0541. The van der Waals surface area contributed by atoms with E-state index in [1.165, 1.54) is 257 Å². The first-order valence-electron chi connectivity index (χ1n) is 26.7. The molecule has 0 amide bonds. The van der Waals surface area contributed by atoms with Crippen LogP contribution in [0.3, 0.4) is 0 Å². The third kappa shape index (κ3) is 24.6. The van der Waals surface area contributed by atoms with Crippen LogP contribution in [0.1, 0.15) is 326 Å². The highest BCUT2D eigenvalue weighted by Crippen LogP contribution is 2.66. The molecule has 332 valence electrons. The van der Waals surface area contributed by atoms with Gasteiger partial charge in [-0.25, -0.2) is 0 Å². The van der Waals surface area contributed by atoms with Gasteiger partial charge in [-0.15, -0.1) is 0 Å². The van der Waals surface area contributed by atoms with Gasteiger partial charge in [0, 0.05) is 0 Å². The van der Waals surface area contributed by atoms with Crippen LogP contribution in [0, 0.1) is 28.1 Å². The molecule has 0 N–H and O–H groups in total. The molecule has 0 aliphatic rings. The van der Waals surface area contributed by atoms with E-state index in [0.717, 1.165) is 11.8 Å². The zero-order valence-corrected chi connectivity index (χ0v) is 40.9. The SMILES string of the molecule is CCCCCCCCCCC(CCCCCCCCC)(C(C)(C)CC(C)CCC)C(CCCCCCCC)(CCCCCCCCC)CC(CC)CCCC. The predicted molar refractivity (Wildman–Crippen MR) is 256 cm³/mol. The normalized spacial score (nSPS) is 15.6. The Labute approximate surface area is 352 Å². The molecule has 0 bridgehead atoms. The zero-order valence-electron chi connectivity index (χ0n) is 40.9. The van der Waals surface area contributed by atoms with Gasteiger partial charge in [0.1, 0.15) is 0 Å². The Morgan fingerprint density at radius 1 is 0.327 bits per heavy atom. The Morgan fingerprint density at radius 3 is 0.982 bits per heavy atom. The number of rotatable bonds is 44. The Kier molecular flexibility index (Phi) is 37.0. The first kappa shape index (κ1) is 55.0. The minimum atomic E-state index is 0.372. The van der Waals surface area contributed by atoms with Crippen LogP contribution in [0.25, 0.3) is 0 Å². The van der Waals surface area contributed by atoms with Crippen LogP contribution in [0.4, 0.5) is 0 Å². The van der Waals surface area contributed by atoms with Gasteiger partial charge in [-0.3, -0.25) is 0 Å². The summed E-state index contributed by atoms with van der Waals surface area (Å²) in [5.41, 5.74) is 1.30. The van der Waals surface area contributed by atoms with Crippen molar-refractivity contribution in [2.45, 2.75) is 326 Å². The fourth-order valence-electron chi connectivity index (χ4n) is 11.8. The smallest absolute Gasteiger partial charge is 0.0190 e. The van der Waals surface area contributed by atoms with Crippen molar-refractivity contribution in [3.05, 3.63) is 0 Å². The highest BCUT2D eigenvalue weighted by atomic mass is 14.6. The van der Waals surface area contributed by atoms with E-state index in [1.54, 1.807) is 0 Å². The zero-order chi connectivity index (χ0) is 40.9. The molecule has 0 aliphatic carbocycles. The van der Waals surface area contributed by atoms with E-state index < -0.39 is 0 Å². The standard InChI is InChI=1S/C55H112/c1-11-18-23-27-31-34-38-42-48-55(47-41-37-33-29-25-20-13-3,53(9,10)49-51(8)43-16-6)54(45-39-35-30-26-21-14-4,50-52(17-7)44-22-15-5)46-40-36-32-28-24-19-12-2/h51-52H,11-50H2,1-10H3. The molecule has 0 aromatic rings. The van der Waals surface area contributed by atoms with Gasteiger partial charge in [-0.05, 0) is 66.6 Å². The first-order chi connectivity index (χ1) is 26.7. The van der Waals surface area contributed by atoms with Gasteiger partial charge < -0.3 is 0 Å². The average molecular weight is 774 g/mol. The summed E-state index contributed by atoms with van der Waals surface area (Å²) in [5.74, 6) is 1.74. The Balaban J connectivity index is 7.23. The molecule has 0 heterocycles. The molecule has 4 atom stereocenters. The predicted octanol–water partition coefficient (Wildman–Crippen LogP) is 21.0. The van der Waals surface area contributed by atoms with Crippen LogP contribution < -0.4 is 0 Å². The molecule has 0 rings (SSSR count). The van der Waals surface area contributed by atoms with Gasteiger partial charge in [0.25, 0.3) is 0 Å². The molecular formula is C55H112. The van der Waals surface area contributed by atoms with Crippen LogP contribution in [0.5, 0.6) is 0 Å². The fourth-order valence-corrected chi connectivity index (χ4v) is 11.8. The summed E-state index contributed by atoms with van der Waals surface area (Å²) in [6, 6.07) is 0. The summed E-state index contributed by atoms with van der Waals surface area (Å²) in [5, 5.41) is 0. The third-order valence-corrected chi connectivity index (χ3v) is 15.1. The molecule has 0 heteroatoms. The van der Waals surface area contributed by atoms with E-state index in [2.05, 4.69) is 69.2 Å². The fraction of sp³-hybridized carbons (Fsp3) is 1.00. The molecule has 0 saturated heterocycles. The summed E-state index contributed by atoms with van der Waals surface area (Å²) < 4.78 is 0. The second kappa shape index (κ2) is 37.0. The largest absolute Gasteiger partial charge is 0.0654 e. The topological polar surface area (TPSA) is 0 Å². The maximum absolute atomic E-state index is 2.86. The molecular weight excluding hydrogens is 661 g/mol. The molecule has 0 spiro atoms. The number of hydrogen-bond donors (Lipinski definition) is 0. The van der Waals surface area contributed by atoms with Gasteiger partial charge in [-0.2, -0.15) is 0 Å². The number of hydrogen-bond acceptors (Lipinski definition) is 0. The van der Waals surface area contributed by atoms with Gasteiger partial charge in [0.05, 0.1) is 0 Å². The van der Waals surface area contributed by atoms with E-state index in [0.29, 0.717) is 16.2 Å². The lowest BCUT2D eigenvalue weighted by Gasteiger charge is -2.62. The minimum absolute atomic E-state index is 0.372. The summed E-state index contributed by atoms with van der Waals surface area (Å²) >= 11 is 0. The van der Waals surface area contributed by atoms with Gasteiger partial charge in [0.2, 0.25) is 0 Å². The molecule has 0 aliphatic heterocycles. The second-order valence-corrected chi connectivity index (χ2v) is 20.5. The van der Waals surface area contributed by atoms with E-state index >= 15 is 0 Å². The molecule has 0 aromatic heterocycles. The van der Waals surface area contributed by atoms with E-state index in [-0.39, 0.29) is 0 Å². The molecule has 0 radical (unpaired) electrons. The van der Waals surface area contributed by atoms with Crippen molar-refractivity contribution in [3.63, 3.8) is 0 Å². The van der Waals surface area contributed by atoms with Crippen molar-refractivity contribution < 1.29 is 0 Å². The molecule has 0 aromatic carbocycles. The van der Waals surface area contributed by atoms with Crippen LogP contribution >= 0.6 is 0 Å². The van der Waals surface area contributed by atoms with Crippen molar-refractivity contribution in [2.75, 3.05) is 0 Å². The van der Waals surface area contributed by atoms with Gasteiger partial charge in [0.15, 0.2) is 0 Å². The highest BCUT2D eigenvalue weighted by Gasteiger charge is 2.57. The summed E-state index contributed by atoms with van der Waals surface area (Å²) in [7, 11) is 0. The van der Waals surface area contributed by atoms with E-state index in [9.17, 15) is 0 Å². The molecule has 4 unspecified atom stereocenters. The lowest BCUT2D eigenvalue weighted by atomic mass is 9.43. The van der Waals surface area contributed by atoms with Crippen LogP contribution in [0.2, 0.25) is 0 Å². The van der Waals surface area contributed by atoms with Crippen LogP contribution in [-0.2, 0) is 0 Å². The van der Waals surface area contributed by atoms with Crippen molar-refractivity contribution in [2.24, 2.45) is 28.1 Å². The molecule has 0 fully saturated rings. The van der Waals surface area contributed by atoms with Crippen molar-refractivity contribution in [1.29, 1.82) is 0 Å². The summed E-state index contributed by atoms with van der Waals surface area (Å²) in [6.45, 7) is 25.3. The molecule has 55 heavy (non-hydrogen) atoms. The van der Waals surface area contributed by atoms with Crippen molar-refractivity contribution in [1.82, 2.24) is 0 Å². The van der Waals surface area contributed by atoms with Crippen molar-refractivity contribution in [3.8, 4) is 0 Å². The van der Waals surface area contributed by atoms with Crippen molar-refractivity contribution >= 4 is 0 Å². The lowest BCUT2D eigenvalue weighted by molar-refractivity contribution is -0.125. The summed E-state index contributed by atoms with van der Waals surface area (Å²) in [4.78, 5) is 0. The third-order valence-electron chi connectivity index (χ3n) is 15.1. The minimum Gasteiger partial charge on any atom is -0.0654 e. The van der Waals surface area contributed by atoms with Gasteiger partial charge >= 0.3 is 0 Å². The molecule has 0 nitrogen and oxygen atoms in total.